The first kappa shape index (κ1) is 31.3. The second-order valence-corrected chi connectivity index (χ2v) is 11.7. The number of rotatable bonds is 9. The maximum atomic E-state index is 12.6. The standard InChI is InChI=1S/C35H37N5O6/c1-24-32(22-38-17-19-39(20-18-38)30-12-14-31(15-13-30)40(43)44)45-35(46-33(24)26-6-4-25(23-41)5-7-26)27-8-10-29(11-9-27)37-34(42)28-3-2-16-36-21-28/h2-16,21,24,32-33,35,41H,17-20,22-23H2,1H3,(H,37,42)/t24-,32+,33+,35+/m1/s1. The lowest BCUT2D eigenvalue weighted by atomic mass is 9.90. The van der Waals surface area contributed by atoms with E-state index in [1.165, 1.54) is 6.20 Å². The van der Waals surface area contributed by atoms with E-state index in [0.29, 0.717) is 11.3 Å². The Morgan fingerprint density at radius 1 is 0.957 bits per heavy atom. The third-order valence-electron chi connectivity index (χ3n) is 8.72. The van der Waals surface area contributed by atoms with E-state index in [9.17, 15) is 20.0 Å². The van der Waals surface area contributed by atoms with Gasteiger partial charge in [-0.2, -0.15) is 0 Å². The van der Waals surface area contributed by atoms with Crippen molar-refractivity contribution in [3.63, 3.8) is 0 Å². The number of piperazine rings is 1. The number of carbonyl (C=O) groups is 1. The Kier molecular flexibility index (Phi) is 9.65. The molecule has 1 aromatic heterocycles. The van der Waals surface area contributed by atoms with E-state index in [-0.39, 0.29) is 41.3 Å². The number of nitro benzene ring substituents is 1. The topological polar surface area (TPSA) is 130 Å². The molecule has 0 aliphatic carbocycles. The van der Waals surface area contributed by atoms with E-state index in [4.69, 9.17) is 9.47 Å². The summed E-state index contributed by atoms with van der Waals surface area (Å²) in [5, 5.41) is 23.5. The number of nitrogens with one attached hydrogen (secondary N) is 1. The number of aromatic nitrogens is 1. The lowest BCUT2D eigenvalue weighted by Gasteiger charge is -2.44. The number of non-ortho nitro benzene ring substituents is 1. The van der Waals surface area contributed by atoms with Gasteiger partial charge in [-0.25, -0.2) is 0 Å². The molecule has 0 spiro atoms. The summed E-state index contributed by atoms with van der Waals surface area (Å²) < 4.78 is 13.2. The zero-order valence-corrected chi connectivity index (χ0v) is 25.6. The van der Waals surface area contributed by atoms with Crippen molar-refractivity contribution in [3.05, 3.63) is 130 Å². The van der Waals surface area contributed by atoms with Gasteiger partial charge in [-0.05, 0) is 47.5 Å². The molecule has 0 unspecified atom stereocenters. The number of hydrogen-bond acceptors (Lipinski definition) is 9. The number of pyridine rings is 1. The van der Waals surface area contributed by atoms with Crippen LogP contribution in [0, 0.1) is 16.0 Å². The van der Waals surface area contributed by atoms with Crippen LogP contribution in [0.5, 0.6) is 0 Å². The molecule has 0 saturated carbocycles. The van der Waals surface area contributed by atoms with Gasteiger partial charge in [0.25, 0.3) is 11.6 Å². The van der Waals surface area contributed by atoms with Gasteiger partial charge in [-0.15, -0.1) is 0 Å². The van der Waals surface area contributed by atoms with Crippen LogP contribution >= 0.6 is 0 Å². The van der Waals surface area contributed by atoms with E-state index in [1.807, 2.05) is 60.7 Å². The van der Waals surface area contributed by atoms with E-state index in [1.54, 1.807) is 30.5 Å². The molecule has 3 heterocycles. The van der Waals surface area contributed by atoms with Gasteiger partial charge in [0, 0.05) is 80.1 Å². The van der Waals surface area contributed by atoms with Crippen molar-refractivity contribution in [2.75, 3.05) is 42.9 Å². The first-order valence-electron chi connectivity index (χ1n) is 15.4. The summed E-state index contributed by atoms with van der Waals surface area (Å²) in [4.78, 5) is 31.9. The van der Waals surface area contributed by atoms with Gasteiger partial charge in [0.1, 0.15) is 0 Å². The number of aliphatic hydroxyl groups is 1. The summed E-state index contributed by atoms with van der Waals surface area (Å²) in [7, 11) is 0. The average molecular weight is 624 g/mol. The third kappa shape index (κ3) is 7.24. The zero-order valence-electron chi connectivity index (χ0n) is 25.6. The molecule has 2 aliphatic rings. The molecule has 4 aromatic rings. The molecule has 2 fully saturated rings. The monoisotopic (exact) mass is 623 g/mol. The van der Waals surface area contributed by atoms with Crippen molar-refractivity contribution in [3.8, 4) is 0 Å². The fourth-order valence-electron chi connectivity index (χ4n) is 5.98. The Bertz CT molecular complexity index is 1610. The minimum absolute atomic E-state index is 0.0226. The van der Waals surface area contributed by atoms with Crippen LogP contribution in [0.3, 0.4) is 0 Å². The fraction of sp³-hybridized carbons (Fsp3) is 0.314. The van der Waals surface area contributed by atoms with Crippen molar-refractivity contribution in [1.29, 1.82) is 0 Å². The molecule has 0 bridgehead atoms. The van der Waals surface area contributed by atoms with E-state index >= 15 is 0 Å². The van der Waals surface area contributed by atoms with Crippen molar-refractivity contribution in [2.45, 2.75) is 32.0 Å². The molecule has 4 atom stereocenters. The Hall–Kier alpha value is -4.68. The molecule has 0 radical (unpaired) electrons. The maximum absolute atomic E-state index is 12.6. The predicted octanol–water partition coefficient (Wildman–Crippen LogP) is 5.35. The molecule has 2 saturated heterocycles. The number of anilines is 2. The summed E-state index contributed by atoms with van der Waals surface area (Å²) in [6, 6.07) is 25.5. The highest BCUT2D eigenvalue weighted by Crippen LogP contribution is 2.42. The number of aliphatic hydroxyl groups excluding tert-OH is 1. The van der Waals surface area contributed by atoms with Gasteiger partial charge >= 0.3 is 0 Å². The number of nitro groups is 1. The van der Waals surface area contributed by atoms with E-state index in [0.717, 1.165) is 55.1 Å². The van der Waals surface area contributed by atoms with Crippen LogP contribution in [0.25, 0.3) is 0 Å². The number of hydrogen-bond donors (Lipinski definition) is 2. The first-order valence-corrected chi connectivity index (χ1v) is 15.4. The Balaban J connectivity index is 1.15. The highest BCUT2D eigenvalue weighted by atomic mass is 16.7. The molecule has 6 rings (SSSR count). The zero-order chi connectivity index (χ0) is 32.0. The van der Waals surface area contributed by atoms with Gasteiger partial charge in [-0.1, -0.05) is 43.3 Å². The highest BCUT2D eigenvalue weighted by molar-refractivity contribution is 6.04. The van der Waals surface area contributed by atoms with Gasteiger partial charge in [0.15, 0.2) is 6.29 Å². The molecule has 3 aromatic carbocycles. The molecule has 238 valence electrons. The molecular weight excluding hydrogens is 586 g/mol. The van der Waals surface area contributed by atoms with Crippen LogP contribution in [0.15, 0.2) is 97.3 Å². The predicted molar refractivity (Wildman–Crippen MR) is 173 cm³/mol. The smallest absolute Gasteiger partial charge is 0.269 e. The lowest BCUT2D eigenvalue weighted by Crippen LogP contribution is -2.51. The normalized spacial score (nSPS) is 21.9. The van der Waals surface area contributed by atoms with Crippen LogP contribution in [-0.2, 0) is 16.1 Å². The number of benzene rings is 3. The molecule has 11 nitrogen and oxygen atoms in total. The maximum Gasteiger partial charge on any atom is 0.269 e. The van der Waals surface area contributed by atoms with Crippen molar-refractivity contribution in [2.24, 2.45) is 5.92 Å². The Morgan fingerprint density at radius 3 is 2.28 bits per heavy atom. The van der Waals surface area contributed by atoms with Crippen molar-refractivity contribution < 1.29 is 24.3 Å². The van der Waals surface area contributed by atoms with Crippen LogP contribution in [0.1, 0.15) is 46.4 Å². The molecule has 2 N–H and O–H groups in total. The fourth-order valence-corrected chi connectivity index (χ4v) is 5.98. The van der Waals surface area contributed by atoms with Gasteiger partial charge in [-0.3, -0.25) is 24.8 Å². The molecule has 11 heteroatoms. The minimum Gasteiger partial charge on any atom is -0.392 e. The van der Waals surface area contributed by atoms with Gasteiger partial charge in [0.2, 0.25) is 0 Å². The summed E-state index contributed by atoms with van der Waals surface area (Å²) in [6.07, 6.45) is 2.17. The van der Waals surface area contributed by atoms with E-state index in [2.05, 4.69) is 27.0 Å². The number of carbonyl (C=O) groups excluding carboxylic acids is 1. The van der Waals surface area contributed by atoms with Crippen LogP contribution in [0.4, 0.5) is 17.1 Å². The summed E-state index contributed by atoms with van der Waals surface area (Å²) >= 11 is 0. The summed E-state index contributed by atoms with van der Waals surface area (Å²) in [5.41, 5.74) is 4.90. The largest absolute Gasteiger partial charge is 0.392 e. The van der Waals surface area contributed by atoms with Crippen molar-refractivity contribution in [1.82, 2.24) is 9.88 Å². The number of amides is 1. The minimum atomic E-state index is -0.617. The van der Waals surface area contributed by atoms with E-state index < -0.39 is 6.29 Å². The number of ether oxygens (including phenoxy) is 2. The van der Waals surface area contributed by atoms with Crippen LogP contribution in [-0.4, -0.2) is 64.6 Å². The second kappa shape index (κ2) is 14.2. The third-order valence-corrected chi connectivity index (χ3v) is 8.72. The first-order chi connectivity index (χ1) is 22.4. The van der Waals surface area contributed by atoms with Gasteiger partial charge in [0.05, 0.1) is 29.3 Å². The second-order valence-electron chi connectivity index (χ2n) is 11.7. The van der Waals surface area contributed by atoms with Gasteiger partial charge < -0.3 is 24.8 Å². The summed E-state index contributed by atoms with van der Waals surface area (Å²) in [6.45, 7) is 6.11. The Morgan fingerprint density at radius 2 is 1.65 bits per heavy atom. The van der Waals surface area contributed by atoms with Crippen LogP contribution in [0.2, 0.25) is 0 Å². The highest BCUT2D eigenvalue weighted by Gasteiger charge is 2.39. The average Bonchev–Trinajstić information content (AvgIpc) is 3.10. The molecule has 46 heavy (non-hydrogen) atoms. The SMILES string of the molecule is C[C@@H]1[C@H](CN2CCN(c3ccc([N+](=O)[O-])cc3)CC2)O[C@H](c2ccc(NC(=O)c3cccnc3)cc2)O[C@@H]1c1ccc(CO)cc1. The molecule has 2 aliphatic heterocycles. The number of nitrogens with zero attached hydrogens (tertiary/aromatic N) is 4. The summed E-state index contributed by atoms with van der Waals surface area (Å²) in [5.74, 6) is -0.193. The van der Waals surface area contributed by atoms with Crippen molar-refractivity contribution >= 4 is 23.0 Å². The lowest BCUT2D eigenvalue weighted by molar-refractivity contribution is -0.384. The molecule has 1 amide bonds. The molecular formula is C35H37N5O6. The Labute approximate surface area is 267 Å². The quantitative estimate of drug-likeness (QED) is 0.187. The van der Waals surface area contributed by atoms with Crippen LogP contribution < -0.4 is 10.2 Å².